The molecule has 2 nitrogen and oxygen atoms in total. The van der Waals surface area contributed by atoms with Gasteiger partial charge in [-0.2, -0.15) is 0 Å². The number of aryl methyl sites for hydroxylation is 1. The Balaban J connectivity index is 0.000000956. The van der Waals surface area contributed by atoms with Crippen molar-refractivity contribution in [2.75, 3.05) is 0 Å². The van der Waals surface area contributed by atoms with E-state index in [0.29, 0.717) is 6.04 Å². The van der Waals surface area contributed by atoms with Gasteiger partial charge in [-0.3, -0.25) is 5.32 Å². The Hall–Kier alpha value is -0.860. The van der Waals surface area contributed by atoms with E-state index in [2.05, 4.69) is 57.3 Å². The smallest absolute Gasteiger partial charge is 0.135 e. The lowest BCUT2D eigenvalue weighted by Crippen LogP contribution is -2.42. The summed E-state index contributed by atoms with van der Waals surface area (Å²) in [4.78, 5) is 0. The van der Waals surface area contributed by atoms with Crippen molar-refractivity contribution in [2.45, 2.75) is 78.7 Å². The molecule has 0 radical (unpaired) electrons. The first-order valence-electron chi connectivity index (χ1n) is 8.15. The van der Waals surface area contributed by atoms with Crippen LogP contribution in [0.25, 0.3) is 0 Å². The molecule has 0 amide bonds. The van der Waals surface area contributed by atoms with E-state index in [1.165, 1.54) is 11.1 Å². The summed E-state index contributed by atoms with van der Waals surface area (Å²) in [6, 6.07) is 9.10. The summed E-state index contributed by atoms with van der Waals surface area (Å²) >= 11 is 0. The maximum atomic E-state index is 6.37. The van der Waals surface area contributed by atoms with Crippen molar-refractivity contribution in [3.05, 3.63) is 35.4 Å². The summed E-state index contributed by atoms with van der Waals surface area (Å²) in [7, 11) is 0. The molecular formula is C18H31NO. The maximum absolute atomic E-state index is 6.37. The first-order valence-corrected chi connectivity index (χ1v) is 8.15. The van der Waals surface area contributed by atoms with Gasteiger partial charge in [0, 0.05) is 6.04 Å². The molecule has 1 aliphatic rings. The standard InChI is InChI=1S/C16H25NO.C2H6/c1-5-14-16(6-2,7-3)18-15(17-14)13-10-8-12(4)9-11-13;1-2/h8-11,14-15,17H,5-7H2,1-4H3;1-2H3/t14-,15?;/m0./s1. The van der Waals surface area contributed by atoms with Gasteiger partial charge in [0.05, 0.1) is 5.60 Å². The van der Waals surface area contributed by atoms with Gasteiger partial charge in [0.25, 0.3) is 0 Å². The molecule has 2 rings (SSSR count). The van der Waals surface area contributed by atoms with Crippen LogP contribution < -0.4 is 5.32 Å². The highest BCUT2D eigenvalue weighted by molar-refractivity contribution is 5.24. The van der Waals surface area contributed by atoms with Crippen LogP contribution in [0.3, 0.4) is 0 Å². The highest BCUT2D eigenvalue weighted by Gasteiger charge is 2.45. The normalized spacial score (nSPS) is 24.1. The largest absolute Gasteiger partial charge is 0.351 e. The number of rotatable bonds is 4. The predicted octanol–water partition coefficient (Wildman–Crippen LogP) is 4.98. The second kappa shape index (κ2) is 7.80. The van der Waals surface area contributed by atoms with Gasteiger partial charge < -0.3 is 4.74 Å². The molecule has 1 unspecified atom stereocenters. The highest BCUT2D eigenvalue weighted by Crippen LogP contribution is 2.38. The fraction of sp³-hybridized carbons (Fsp3) is 0.667. The minimum Gasteiger partial charge on any atom is -0.351 e. The van der Waals surface area contributed by atoms with Crippen LogP contribution in [0.1, 0.15) is 71.2 Å². The van der Waals surface area contributed by atoms with Crippen molar-refractivity contribution < 1.29 is 4.74 Å². The summed E-state index contributed by atoms with van der Waals surface area (Å²) in [5, 5.41) is 3.65. The summed E-state index contributed by atoms with van der Waals surface area (Å²) in [5.41, 5.74) is 2.54. The molecule has 1 aliphatic heterocycles. The van der Waals surface area contributed by atoms with Gasteiger partial charge in [-0.05, 0) is 31.7 Å². The van der Waals surface area contributed by atoms with Crippen LogP contribution in [-0.4, -0.2) is 11.6 Å². The Bertz CT molecular complexity index is 381. The molecular weight excluding hydrogens is 246 g/mol. The molecule has 0 aromatic heterocycles. The van der Waals surface area contributed by atoms with E-state index in [-0.39, 0.29) is 11.8 Å². The van der Waals surface area contributed by atoms with Gasteiger partial charge >= 0.3 is 0 Å². The second-order valence-corrected chi connectivity index (χ2v) is 5.31. The summed E-state index contributed by atoms with van der Waals surface area (Å²) in [6.07, 6.45) is 3.30. The number of hydrogen-bond acceptors (Lipinski definition) is 2. The van der Waals surface area contributed by atoms with Crippen LogP contribution in [0, 0.1) is 6.92 Å². The first-order chi connectivity index (χ1) is 9.65. The zero-order valence-electron chi connectivity index (χ0n) is 14.0. The number of ether oxygens (including phenoxy) is 1. The van der Waals surface area contributed by atoms with E-state index in [0.717, 1.165) is 19.3 Å². The van der Waals surface area contributed by atoms with E-state index in [9.17, 15) is 0 Å². The van der Waals surface area contributed by atoms with Crippen LogP contribution >= 0.6 is 0 Å². The van der Waals surface area contributed by atoms with Crippen LogP contribution in [0.15, 0.2) is 24.3 Å². The maximum Gasteiger partial charge on any atom is 0.135 e. The van der Waals surface area contributed by atoms with E-state index in [1.807, 2.05) is 13.8 Å². The van der Waals surface area contributed by atoms with Crippen LogP contribution in [0.4, 0.5) is 0 Å². The third-order valence-electron chi connectivity index (χ3n) is 4.33. The fourth-order valence-electron chi connectivity index (χ4n) is 2.99. The lowest BCUT2D eigenvalue weighted by atomic mass is 9.88. The van der Waals surface area contributed by atoms with Gasteiger partial charge in [0.1, 0.15) is 6.23 Å². The van der Waals surface area contributed by atoms with Crippen LogP contribution in [0.5, 0.6) is 0 Å². The predicted molar refractivity (Wildman–Crippen MR) is 86.9 cm³/mol. The minimum absolute atomic E-state index is 0.00427. The second-order valence-electron chi connectivity index (χ2n) is 5.31. The Labute approximate surface area is 124 Å². The molecule has 0 saturated carbocycles. The summed E-state index contributed by atoms with van der Waals surface area (Å²) < 4.78 is 6.37. The number of nitrogens with one attached hydrogen (secondary N) is 1. The number of benzene rings is 1. The molecule has 114 valence electrons. The average Bonchev–Trinajstić information content (AvgIpc) is 2.89. The quantitative estimate of drug-likeness (QED) is 0.838. The monoisotopic (exact) mass is 277 g/mol. The van der Waals surface area contributed by atoms with Gasteiger partial charge in [0.2, 0.25) is 0 Å². The SMILES string of the molecule is CC.CC[C@@H]1NC(c2ccc(C)cc2)OC1(CC)CC. The van der Waals surface area contributed by atoms with Crippen molar-refractivity contribution in [2.24, 2.45) is 0 Å². The third kappa shape index (κ3) is 3.42. The lowest BCUT2D eigenvalue weighted by molar-refractivity contribution is -0.0554. The zero-order chi connectivity index (χ0) is 15.2. The number of hydrogen-bond donors (Lipinski definition) is 1. The summed E-state index contributed by atoms with van der Waals surface area (Å²) in [6.45, 7) is 12.8. The molecule has 2 heteroatoms. The third-order valence-corrected chi connectivity index (χ3v) is 4.33. The van der Waals surface area contributed by atoms with E-state index in [4.69, 9.17) is 4.74 Å². The van der Waals surface area contributed by atoms with Gasteiger partial charge in [-0.15, -0.1) is 0 Å². The van der Waals surface area contributed by atoms with Gasteiger partial charge in [-0.1, -0.05) is 64.4 Å². The molecule has 20 heavy (non-hydrogen) atoms. The topological polar surface area (TPSA) is 21.3 Å². The van der Waals surface area contributed by atoms with Crippen molar-refractivity contribution in [1.29, 1.82) is 0 Å². The molecule has 1 saturated heterocycles. The molecule has 1 heterocycles. The Kier molecular flexibility index (Phi) is 6.70. The Morgan fingerprint density at radius 1 is 1.05 bits per heavy atom. The average molecular weight is 277 g/mol. The molecule has 1 fully saturated rings. The zero-order valence-corrected chi connectivity index (χ0v) is 14.0. The van der Waals surface area contributed by atoms with Crippen molar-refractivity contribution >= 4 is 0 Å². The molecule has 2 atom stereocenters. The van der Waals surface area contributed by atoms with Crippen LogP contribution in [-0.2, 0) is 4.74 Å². The van der Waals surface area contributed by atoms with Crippen LogP contribution in [0.2, 0.25) is 0 Å². The van der Waals surface area contributed by atoms with E-state index in [1.54, 1.807) is 0 Å². The molecule has 0 aliphatic carbocycles. The highest BCUT2D eigenvalue weighted by atomic mass is 16.5. The van der Waals surface area contributed by atoms with Crippen molar-refractivity contribution in [3.63, 3.8) is 0 Å². The summed E-state index contributed by atoms with van der Waals surface area (Å²) in [5.74, 6) is 0. The van der Waals surface area contributed by atoms with E-state index < -0.39 is 0 Å². The lowest BCUT2D eigenvalue weighted by Gasteiger charge is -2.31. The van der Waals surface area contributed by atoms with Gasteiger partial charge in [-0.25, -0.2) is 0 Å². The molecule has 1 aromatic rings. The molecule has 0 spiro atoms. The fourth-order valence-corrected chi connectivity index (χ4v) is 2.99. The Morgan fingerprint density at radius 3 is 2.00 bits per heavy atom. The van der Waals surface area contributed by atoms with Crippen molar-refractivity contribution in [1.82, 2.24) is 5.32 Å². The van der Waals surface area contributed by atoms with E-state index >= 15 is 0 Å². The minimum atomic E-state index is 0.00427. The first kappa shape index (κ1) is 17.2. The van der Waals surface area contributed by atoms with Gasteiger partial charge in [0.15, 0.2) is 0 Å². The molecule has 1 N–H and O–H groups in total. The molecule has 0 bridgehead atoms. The van der Waals surface area contributed by atoms with Crippen molar-refractivity contribution in [3.8, 4) is 0 Å². The Morgan fingerprint density at radius 2 is 1.60 bits per heavy atom. The molecule has 1 aromatic carbocycles.